The zero-order valence-corrected chi connectivity index (χ0v) is 11.5. The Balaban J connectivity index is 3.15. The van der Waals surface area contributed by atoms with E-state index in [4.69, 9.17) is 11.1 Å². The topological polar surface area (TPSA) is 83.0 Å². The fourth-order valence-electron chi connectivity index (χ4n) is 1.52. The maximum atomic E-state index is 10.2. The van der Waals surface area contributed by atoms with Gasteiger partial charge in [-0.25, -0.2) is 0 Å². The second-order valence-corrected chi connectivity index (χ2v) is 6.04. The lowest BCUT2D eigenvalue weighted by molar-refractivity contribution is 0.433. The van der Waals surface area contributed by atoms with Gasteiger partial charge in [-0.05, 0) is 13.0 Å². The van der Waals surface area contributed by atoms with Gasteiger partial charge in [-0.3, -0.25) is 10.4 Å². The first-order valence-electron chi connectivity index (χ1n) is 5.38. The lowest BCUT2D eigenvalue weighted by Gasteiger charge is -2.21. The van der Waals surface area contributed by atoms with Crippen molar-refractivity contribution >= 4 is 16.9 Å². The molecule has 0 aromatic carbocycles. The minimum Gasteiger partial charge on any atom is -0.506 e. The first-order valence-corrected chi connectivity index (χ1v) is 6.37. The Hall–Kier alpha value is -1.23. The molecule has 0 aliphatic carbocycles. The summed E-state index contributed by atoms with van der Waals surface area (Å²) in [6, 6.07) is 1.83. The molecular formula is C12H19N3OS. The molecule has 1 rings (SSSR count). The number of aromatic hydroxyl groups is 1. The van der Waals surface area contributed by atoms with Gasteiger partial charge in [0.1, 0.15) is 5.75 Å². The molecule has 0 saturated carbocycles. The van der Waals surface area contributed by atoms with E-state index in [1.54, 1.807) is 0 Å². The van der Waals surface area contributed by atoms with Crippen molar-refractivity contribution in [3.05, 3.63) is 23.0 Å². The molecule has 4 nitrogen and oxygen atoms in total. The molecule has 0 spiro atoms. The van der Waals surface area contributed by atoms with Gasteiger partial charge in [0, 0.05) is 22.4 Å². The molecule has 0 atom stereocenters. The standard InChI is InChI=1S/C12H19N3OS/c1-7-5-8(6-17-11(13)14)9(16)10(15-7)12(2,3)4/h5,16H,6H2,1-4H3,(H3,13,14). The fraction of sp³-hybridized carbons (Fsp3) is 0.500. The number of thioether (sulfide) groups is 1. The molecule has 0 unspecified atom stereocenters. The van der Waals surface area contributed by atoms with E-state index < -0.39 is 0 Å². The third-order valence-electron chi connectivity index (χ3n) is 2.29. The van der Waals surface area contributed by atoms with Crippen molar-refractivity contribution in [2.45, 2.75) is 38.9 Å². The van der Waals surface area contributed by atoms with Crippen molar-refractivity contribution < 1.29 is 5.11 Å². The molecule has 1 heterocycles. The average Bonchev–Trinajstić information content (AvgIpc) is 2.17. The van der Waals surface area contributed by atoms with Crippen molar-refractivity contribution in [1.82, 2.24) is 4.98 Å². The number of hydrogen-bond acceptors (Lipinski definition) is 4. The summed E-state index contributed by atoms with van der Waals surface area (Å²) in [5.41, 5.74) is 7.44. The second-order valence-electron chi connectivity index (χ2n) is 5.02. The summed E-state index contributed by atoms with van der Waals surface area (Å²) >= 11 is 1.20. The zero-order valence-electron chi connectivity index (χ0n) is 10.7. The summed E-state index contributed by atoms with van der Waals surface area (Å²) < 4.78 is 0. The van der Waals surface area contributed by atoms with Crippen LogP contribution in [0.4, 0.5) is 0 Å². The monoisotopic (exact) mass is 253 g/mol. The molecule has 4 N–H and O–H groups in total. The van der Waals surface area contributed by atoms with Crippen molar-refractivity contribution in [3.8, 4) is 5.75 Å². The van der Waals surface area contributed by atoms with E-state index in [2.05, 4.69) is 4.98 Å². The van der Waals surface area contributed by atoms with Crippen molar-refractivity contribution in [3.63, 3.8) is 0 Å². The second kappa shape index (κ2) is 4.96. The Morgan fingerprint density at radius 2 is 2.12 bits per heavy atom. The third-order valence-corrected chi connectivity index (χ3v) is 3.06. The first kappa shape index (κ1) is 13.8. The maximum absolute atomic E-state index is 10.2. The number of aryl methyl sites for hydroxylation is 1. The molecule has 5 heteroatoms. The highest BCUT2D eigenvalue weighted by Crippen LogP contribution is 2.33. The van der Waals surface area contributed by atoms with E-state index in [0.717, 1.165) is 11.3 Å². The Labute approximate surface area is 106 Å². The summed E-state index contributed by atoms with van der Waals surface area (Å²) in [6.45, 7) is 7.93. The number of nitrogens with two attached hydrogens (primary N) is 1. The van der Waals surface area contributed by atoms with E-state index in [-0.39, 0.29) is 16.3 Å². The smallest absolute Gasteiger partial charge is 0.151 e. The highest BCUT2D eigenvalue weighted by Gasteiger charge is 2.22. The molecule has 0 saturated heterocycles. The van der Waals surface area contributed by atoms with E-state index in [9.17, 15) is 5.11 Å². The SMILES string of the molecule is Cc1cc(CSC(=N)N)c(O)c(C(C)(C)C)n1. The van der Waals surface area contributed by atoms with Crippen LogP contribution in [0, 0.1) is 12.3 Å². The van der Waals surface area contributed by atoms with Gasteiger partial charge in [0.2, 0.25) is 0 Å². The molecule has 0 bridgehead atoms. The Bertz CT molecular complexity index is 438. The summed E-state index contributed by atoms with van der Waals surface area (Å²) in [5.74, 6) is 0.713. The lowest BCUT2D eigenvalue weighted by Crippen LogP contribution is -2.15. The molecule has 0 amide bonds. The Morgan fingerprint density at radius 3 is 2.59 bits per heavy atom. The minimum atomic E-state index is -0.203. The highest BCUT2D eigenvalue weighted by atomic mass is 32.2. The number of aromatic nitrogens is 1. The van der Waals surface area contributed by atoms with Crippen LogP contribution < -0.4 is 5.73 Å². The van der Waals surface area contributed by atoms with Gasteiger partial charge in [-0.2, -0.15) is 0 Å². The fourth-order valence-corrected chi connectivity index (χ4v) is 2.05. The van der Waals surface area contributed by atoms with Gasteiger partial charge < -0.3 is 10.8 Å². The van der Waals surface area contributed by atoms with Gasteiger partial charge >= 0.3 is 0 Å². The number of nitrogens with one attached hydrogen (secondary N) is 1. The minimum absolute atomic E-state index is 0.0520. The summed E-state index contributed by atoms with van der Waals surface area (Å²) in [4.78, 5) is 4.39. The van der Waals surface area contributed by atoms with E-state index in [0.29, 0.717) is 11.4 Å². The van der Waals surface area contributed by atoms with Crippen molar-refractivity contribution in [2.24, 2.45) is 5.73 Å². The number of nitrogens with zero attached hydrogens (tertiary/aromatic N) is 1. The van der Waals surface area contributed by atoms with Crippen LogP contribution in [-0.2, 0) is 11.2 Å². The number of rotatable bonds is 2. The molecule has 0 radical (unpaired) electrons. The summed E-state index contributed by atoms with van der Waals surface area (Å²) in [6.07, 6.45) is 0. The van der Waals surface area contributed by atoms with Crippen LogP contribution in [0.1, 0.15) is 37.7 Å². The zero-order chi connectivity index (χ0) is 13.2. The highest BCUT2D eigenvalue weighted by molar-refractivity contribution is 8.13. The number of amidine groups is 1. The molecule has 1 aromatic heterocycles. The van der Waals surface area contributed by atoms with Gasteiger partial charge in [-0.1, -0.05) is 32.5 Å². The van der Waals surface area contributed by atoms with E-state index in [1.807, 2.05) is 33.8 Å². The van der Waals surface area contributed by atoms with Crippen molar-refractivity contribution in [1.29, 1.82) is 5.41 Å². The largest absolute Gasteiger partial charge is 0.506 e. The molecule has 0 fully saturated rings. The predicted molar refractivity (Wildman–Crippen MR) is 72.5 cm³/mol. The third kappa shape index (κ3) is 3.63. The summed E-state index contributed by atoms with van der Waals surface area (Å²) in [7, 11) is 0. The van der Waals surface area contributed by atoms with Gasteiger partial charge in [0.05, 0.1) is 5.69 Å². The maximum Gasteiger partial charge on any atom is 0.151 e. The summed E-state index contributed by atoms with van der Waals surface area (Å²) in [5, 5.41) is 17.4. The first-order chi connectivity index (χ1) is 7.71. The van der Waals surface area contributed by atoms with E-state index in [1.165, 1.54) is 11.8 Å². The van der Waals surface area contributed by atoms with Crippen LogP contribution in [-0.4, -0.2) is 15.3 Å². The Kier molecular flexibility index (Phi) is 4.03. The van der Waals surface area contributed by atoms with Crippen LogP contribution >= 0.6 is 11.8 Å². The van der Waals surface area contributed by atoms with Crippen LogP contribution in [0.25, 0.3) is 0 Å². The lowest BCUT2D eigenvalue weighted by atomic mass is 9.89. The van der Waals surface area contributed by atoms with Crippen molar-refractivity contribution in [2.75, 3.05) is 0 Å². The average molecular weight is 253 g/mol. The van der Waals surface area contributed by atoms with Crippen LogP contribution in [0.15, 0.2) is 6.07 Å². The molecule has 1 aromatic rings. The molecule has 0 aliphatic heterocycles. The predicted octanol–water partition coefficient (Wildman–Crippen LogP) is 2.52. The van der Waals surface area contributed by atoms with Gasteiger partial charge in [0.15, 0.2) is 5.17 Å². The van der Waals surface area contributed by atoms with Crippen LogP contribution in [0.5, 0.6) is 5.75 Å². The molecule has 0 aliphatic rings. The van der Waals surface area contributed by atoms with E-state index >= 15 is 0 Å². The van der Waals surface area contributed by atoms with Crippen LogP contribution in [0.2, 0.25) is 0 Å². The molecule has 17 heavy (non-hydrogen) atoms. The van der Waals surface area contributed by atoms with Gasteiger partial charge in [-0.15, -0.1) is 0 Å². The van der Waals surface area contributed by atoms with Gasteiger partial charge in [0.25, 0.3) is 0 Å². The quantitative estimate of drug-likeness (QED) is 0.558. The van der Waals surface area contributed by atoms with Crippen LogP contribution in [0.3, 0.4) is 0 Å². The molecular weight excluding hydrogens is 234 g/mol. The Morgan fingerprint density at radius 1 is 1.53 bits per heavy atom. The molecule has 94 valence electrons. The normalized spacial score (nSPS) is 11.5. The number of hydrogen-bond donors (Lipinski definition) is 3. The number of pyridine rings is 1.